The molecule has 2 atom stereocenters. The normalized spacial score (nSPS) is 29.2. The third-order valence-corrected chi connectivity index (χ3v) is 7.91. The van der Waals surface area contributed by atoms with E-state index in [-0.39, 0.29) is 6.03 Å². The van der Waals surface area contributed by atoms with E-state index in [4.69, 9.17) is 0 Å². The van der Waals surface area contributed by atoms with Crippen LogP contribution in [-0.4, -0.2) is 96.1 Å². The Morgan fingerprint density at radius 2 is 1.50 bits per heavy atom. The monoisotopic (exact) mass is 358 g/mol. The van der Waals surface area contributed by atoms with Crippen LogP contribution in [0.15, 0.2) is 0 Å². The van der Waals surface area contributed by atoms with Crippen molar-refractivity contribution in [3.8, 4) is 0 Å². The fourth-order valence-electron chi connectivity index (χ4n) is 3.97. The first-order chi connectivity index (χ1) is 11.2. The number of hydrogen-bond acceptors (Lipinski definition) is 4. The number of carbonyl (C=O) groups is 1. The second-order valence-electron chi connectivity index (χ2n) is 7.76. The first kappa shape index (κ1) is 17.9. The highest BCUT2D eigenvalue weighted by molar-refractivity contribution is 7.89. The second kappa shape index (κ2) is 6.46. The van der Waals surface area contributed by atoms with E-state index in [1.54, 1.807) is 13.8 Å². The zero-order valence-corrected chi connectivity index (χ0v) is 16.0. The number of sulfonamides is 1. The lowest BCUT2D eigenvalue weighted by Gasteiger charge is -2.58. The summed E-state index contributed by atoms with van der Waals surface area (Å²) in [6, 6.07) is 1.28. The van der Waals surface area contributed by atoms with Gasteiger partial charge in [-0.05, 0) is 34.1 Å². The number of rotatable bonds is 3. The van der Waals surface area contributed by atoms with Crippen molar-refractivity contribution in [2.24, 2.45) is 0 Å². The van der Waals surface area contributed by atoms with Gasteiger partial charge in [0.05, 0.1) is 5.25 Å². The Morgan fingerprint density at radius 3 is 1.96 bits per heavy atom. The van der Waals surface area contributed by atoms with Crippen molar-refractivity contribution in [2.75, 3.05) is 39.3 Å². The van der Waals surface area contributed by atoms with E-state index in [0.717, 1.165) is 19.5 Å². The van der Waals surface area contributed by atoms with Gasteiger partial charge in [-0.3, -0.25) is 4.90 Å². The van der Waals surface area contributed by atoms with Crippen LogP contribution in [0.4, 0.5) is 4.79 Å². The SMILES string of the molecule is CC(C)N1CC2CC(C1)N2C(=O)N1CCN(S(=O)(=O)C(C)C)CC1. The van der Waals surface area contributed by atoms with Crippen molar-refractivity contribution in [1.29, 1.82) is 0 Å². The van der Waals surface area contributed by atoms with Crippen LogP contribution in [0.3, 0.4) is 0 Å². The maximum atomic E-state index is 12.8. The standard InChI is InChI=1S/C16H30N4O3S/c1-12(2)18-10-14-9-15(11-18)20(14)16(21)17-5-7-19(8-6-17)24(22,23)13(3)4/h12-15H,5-11H2,1-4H3. The maximum absolute atomic E-state index is 12.8. The summed E-state index contributed by atoms with van der Waals surface area (Å²) in [4.78, 5) is 19.1. The molecular weight excluding hydrogens is 328 g/mol. The zero-order chi connectivity index (χ0) is 17.6. The molecular formula is C16H30N4O3S. The Bertz CT molecular complexity index is 572. The predicted octanol–water partition coefficient (Wildman–Crippen LogP) is 0.629. The molecule has 0 aromatic carbocycles. The van der Waals surface area contributed by atoms with E-state index in [9.17, 15) is 13.2 Å². The molecule has 4 heterocycles. The van der Waals surface area contributed by atoms with E-state index >= 15 is 0 Å². The quantitative estimate of drug-likeness (QED) is 0.742. The summed E-state index contributed by atoms with van der Waals surface area (Å²) < 4.78 is 26.0. The van der Waals surface area contributed by atoms with Crippen LogP contribution < -0.4 is 0 Å². The molecule has 0 N–H and O–H groups in total. The lowest BCUT2D eigenvalue weighted by atomic mass is 9.87. The van der Waals surface area contributed by atoms with Crippen molar-refractivity contribution in [1.82, 2.24) is 19.0 Å². The van der Waals surface area contributed by atoms with Crippen molar-refractivity contribution in [3.05, 3.63) is 0 Å². The van der Waals surface area contributed by atoms with Crippen LogP contribution in [0, 0.1) is 0 Å². The molecule has 0 radical (unpaired) electrons. The molecule has 0 aromatic heterocycles. The van der Waals surface area contributed by atoms with Gasteiger partial charge < -0.3 is 9.80 Å². The number of piperazine rings is 2. The molecule has 0 aromatic rings. The average molecular weight is 359 g/mol. The van der Waals surface area contributed by atoms with Crippen molar-refractivity contribution in [2.45, 2.75) is 57.5 Å². The molecule has 2 amide bonds. The lowest BCUT2D eigenvalue weighted by Crippen LogP contribution is -2.73. The number of carbonyl (C=O) groups excluding carboxylic acids is 1. The Labute approximate surface area is 145 Å². The molecule has 4 rings (SSSR count). The number of piperidine rings is 1. The minimum atomic E-state index is -3.22. The molecule has 8 heteroatoms. The molecule has 0 spiro atoms. The first-order valence-corrected chi connectivity index (χ1v) is 10.5. The number of nitrogens with zero attached hydrogens (tertiary/aromatic N) is 4. The van der Waals surface area contributed by atoms with E-state index in [0.29, 0.717) is 44.3 Å². The molecule has 2 unspecified atom stereocenters. The van der Waals surface area contributed by atoms with Gasteiger partial charge in [0.2, 0.25) is 10.0 Å². The Kier molecular flexibility index (Phi) is 4.83. The largest absolute Gasteiger partial charge is 0.322 e. The van der Waals surface area contributed by atoms with Gasteiger partial charge in [-0.15, -0.1) is 0 Å². The predicted molar refractivity (Wildman–Crippen MR) is 93.3 cm³/mol. The van der Waals surface area contributed by atoms with Gasteiger partial charge in [0.25, 0.3) is 0 Å². The molecule has 4 aliphatic rings. The minimum absolute atomic E-state index is 0.0984. The third kappa shape index (κ3) is 3.04. The highest BCUT2D eigenvalue weighted by Crippen LogP contribution is 2.34. The fourth-order valence-corrected chi connectivity index (χ4v) is 5.24. The molecule has 4 aliphatic heterocycles. The van der Waals surface area contributed by atoms with Crippen LogP contribution in [0.25, 0.3) is 0 Å². The van der Waals surface area contributed by atoms with Crippen LogP contribution in [0.1, 0.15) is 34.1 Å². The Hall–Kier alpha value is -0.860. The fraction of sp³-hybridized carbons (Fsp3) is 0.938. The summed E-state index contributed by atoms with van der Waals surface area (Å²) in [5, 5.41) is -0.406. The van der Waals surface area contributed by atoms with Gasteiger partial charge in [0, 0.05) is 57.4 Å². The van der Waals surface area contributed by atoms with Crippen LogP contribution in [0.5, 0.6) is 0 Å². The van der Waals surface area contributed by atoms with Crippen molar-refractivity contribution in [3.63, 3.8) is 0 Å². The molecule has 0 aliphatic carbocycles. The van der Waals surface area contributed by atoms with Crippen molar-refractivity contribution < 1.29 is 13.2 Å². The lowest BCUT2D eigenvalue weighted by molar-refractivity contribution is -0.0567. The highest BCUT2D eigenvalue weighted by Gasteiger charge is 2.49. The van der Waals surface area contributed by atoms with Gasteiger partial charge in [-0.1, -0.05) is 0 Å². The number of hydrogen-bond donors (Lipinski definition) is 0. The van der Waals surface area contributed by atoms with Crippen LogP contribution in [-0.2, 0) is 10.0 Å². The molecule has 4 saturated heterocycles. The van der Waals surface area contributed by atoms with Crippen LogP contribution in [0.2, 0.25) is 0 Å². The molecule has 7 nitrogen and oxygen atoms in total. The molecule has 0 saturated carbocycles. The van der Waals surface area contributed by atoms with Crippen LogP contribution >= 0.6 is 0 Å². The average Bonchev–Trinajstić information content (AvgIpc) is 2.54. The van der Waals surface area contributed by atoms with Gasteiger partial charge in [0.15, 0.2) is 0 Å². The van der Waals surface area contributed by atoms with E-state index in [1.165, 1.54) is 4.31 Å². The van der Waals surface area contributed by atoms with Gasteiger partial charge in [-0.25, -0.2) is 13.2 Å². The summed E-state index contributed by atoms with van der Waals surface area (Å²) in [5.41, 5.74) is 0. The Morgan fingerprint density at radius 1 is 0.958 bits per heavy atom. The van der Waals surface area contributed by atoms with E-state index < -0.39 is 15.3 Å². The molecule has 2 bridgehead atoms. The van der Waals surface area contributed by atoms with Gasteiger partial charge in [-0.2, -0.15) is 4.31 Å². The topological polar surface area (TPSA) is 64.2 Å². The number of fused-ring (bicyclic) bond motifs is 2. The summed E-state index contributed by atoms with van der Waals surface area (Å²) in [5.74, 6) is 0. The third-order valence-electron chi connectivity index (χ3n) is 5.64. The first-order valence-electron chi connectivity index (χ1n) is 9.02. The maximum Gasteiger partial charge on any atom is 0.320 e. The smallest absolute Gasteiger partial charge is 0.320 e. The zero-order valence-electron chi connectivity index (χ0n) is 15.2. The molecule has 138 valence electrons. The molecule has 4 fully saturated rings. The minimum Gasteiger partial charge on any atom is -0.322 e. The Balaban J connectivity index is 1.56. The molecule has 24 heavy (non-hydrogen) atoms. The van der Waals surface area contributed by atoms with Crippen molar-refractivity contribution >= 4 is 16.1 Å². The van der Waals surface area contributed by atoms with E-state index in [1.807, 2.05) is 9.80 Å². The number of urea groups is 1. The highest BCUT2D eigenvalue weighted by atomic mass is 32.2. The van der Waals surface area contributed by atoms with Gasteiger partial charge >= 0.3 is 6.03 Å². The summed E-state index contributed by atoms with van der Waals surface area (Å²) in [6.45, 7) is 11.5. The summed E-state index contributed by atoms with van der Waals surface area (Å²) in [7, 11) is -3.22. The summed E-state index contributed by atoms with van der Waals surface area (Å²) >= 11 is 0. The van der Waals surface area contributed by atoms with E-state index in [2.05, 4.69) is 18.7 Å². The number of amides is 2. The summed E-state index contributed by atoms with van der Waals surface area (Å²) in [6.07, 6.45) is 1.11. The van der Waals surface area contributed by atoms with Gasteiger partial charge in [0.1, 0.15) is 0 Å². The second-order valence-corrected chi connectivity index (χ2v) is 10.2.